The molecule has 0 aromatic heterocycles. The van der Waals surface area contributed by atoms with E-state index in [0.717, 1.165) is 6.54 Å². The highest BCUT2D eigenvalue weighted by Crippen LogP contribution is 2.33. The lowest BCUT2D eigenvalue weighted by Gasteiger charge is -2.21. The second kappa shape index (κ2) is 4.96. The van der Waals surface area contributed by atoms with Gasteiger partial charge in [-0.25, -0.2) is 0 Å². The summed E-state index contributed by atoms with van der Waals surface area (Å²) in [7, 11) is 4.15. The molecule has 0 radical (unpaired) electrons. The van der Waals surface area contributed by atoms with Crippen LogP contribution in [-0.2, 0) is 6.42 Å². The molecule has 1 N–H and O–H groups in total. The average Bonchev–Trinajstić information content (AvgIpc) is 2.47. The lowest BCUT2D eigenvalue weighted by atomic mass is 9.93. The Hall–Kier alpha value is -1.96. The second-order valence-corrected chi connectivity index (χ2v) is 5.30. The maximum atomic E-state index is 3.49. The van der Waals surface area contributed by atoms with Crippen molar-refractivity contribution >= 4 is 11.4 Å². The molecule has 1 aliphatic rings. The van der Waals surface area contributed by atoms with Crippen LogP contribution in [0.1, 0.15) is 12.0 Å². The van der Waals surface area contributed by atoms with Gasteiger partial charge in [0.1, 0.15) is 0 Å². The van der Waals surface area contributed by atoms with Gasteiger partial charge in [0, 0.05) is 32.0 Å². The van der Waals surface area contributed by atoms with Crippen LogP contribution >= 0.6 is 0 Å². The molecule has 19 heavy (non-hydrogen) atoms. The van der Waals surface area contributed by atoms with E-state index < -0.39 is 0 Å². The van der Waals surface area contributed by atoms with Gasteiger partial charge in [0.25, 0.3) is 0 Å². The third-order valence-electron chi connectivity index (χ3n) is 3.79. The molecular formula is C17H20N2. The van der Waals surface area contributed by atoms with Crippen molar-refractivity contribution in [2.75, 3.05) is 30.9 Å². The van der Waals surface area contributed by atoms with Crippen LogP contribution in [0.3, 0.4) is 0 Å². The number of nitrogens with zero attached hydrogens (tertiary/aromatic N) is 1. The molecule has 0 saturated heterocycles. The minimum absolute atomic E-state index is 1.09. The molecule has 0 saturated carbocycles. The fourth-order valence-electron chi connectivity index (χ4n) is 2.72. The highest BCUT2D eigenvalue weighted by molar-refractivity contribution is 5.75. The van der Waals surface area contributed by atoms with Crippen LogP contribution in [0.2, 0.25) is 0 Å². The second-order valence-electron chi connectivity index (χ2n) is 5.30. The number of hydrogen-bond donors (Lipinski definition) is 1. The summed E-state index contributed by atoms with van der Waals surface area (Å²) in [6.45, 7) is 1.09. The van der Waals surface area contributed by atoms with Crippen LogP contribution in [0, 0.1) is 0 Å². The van der Waals surface area contributed by atoms with Gasteiger partial charge in [-0.3, -0.25) is 0 Å². The molecule has 2 aromatic carbocycles. The Balaban J connectivity index is 2.02. The summed E-state index contributed by atoms with van der Waals surface area (Å²) in [5.41, 5.74) is 6.69. The maximum absolute atomic E-state index is 3.49. The van der Waals surface area contributed by atoms with E-state index in [9.17, 15) is 0 Å². The molecule has 2 heteroatoms. The Morgan fingerprint density at radius 3 is 2.53 bits per heavy atom. The molecule has 1 aliphatic heterocycles. The van der Waals surface area contributed by atoms with Crippen LogP contribution in [0.5, 0.6) is 0 Å². The van der Waals surface area contributed by atoms with Gasteiger partial charge in [0.2, 0.25) is 0 Å². The van der Waals surface area contributed by atoms with Gasteiger partial charge in [-0.1, -0.05) is 24.3 Å². The van der Waals surface area contributed by atoms with Gasteiger partial charge in [-0.05, 0) is 47.7 Å². The molecule has 98 valence electrons. The quantitative estimate of drug-likeness (QED) is 0.875. The van der Waals surface area contributed by atoms with Crippen molar-refractivity contribution < 1.29 is 0 Å². The Morgan fingerprint density at radius 1 is 1.00 bits per heavy atom. The molecule has 0 atom stereocenters. The Bertz CT molecular complexity index is 570. The van der Waals surface area contributed by atoms with E-state index in [4.69, 9.17) is 0 Å². The summed E-state index contributed by atoms with van der Waals surface area (Å²) in [5.74, 6) is 0. The zero-order valence-electron chi connectivity index (χ0n) is 11.6. The van der Waals surface area contributed by atoms with E-state index in [2.05, 4.69) is 66.8 Å². The summed E-state index contributed by atoms with van der Waals surface area (Å²) in [4.78, 5) is 2.13. The maximum Gasteiger partial charge on any atom is 0.0378 e. The van der Waals surface area contributed by atoms with Crippen LogP contribution in [0.4, 0.5) is 11.4 Å². The lowest BCUT2D eigenvalue weighted by Crippen LogP contribution is -2.12. The smallest absolute Gasteiger partial charge is 0.0378 e. The van der Waals surface area contributed by atoms with Gasteiger partial charge in [0.15, 0.2) is 0 Å². The third kappa shape index (κ3) is 2.30. The fourth-order valence-corrected chi connectivity index (χ4v) is 2.72. The van der Waals surface area contributed by atoms with Gasteiger partial charge in [0.05, 0.1) is 0 Å². The van der Waals surface area contributed by atoms with Gasteiger partial charge >= 0.3 is 0 Å². The topological polar surface area (TPSA) is 15.3 Å². The van der Waals surface area contributed by atoms with Crippen LogP contribution in [0.25, 0.3) is 11.1 Å². The van der Waals surface area contributed by atoms with Crippen molar-refractivity contribution in [3.63, 3.8) is 0 Å². The molecular weight excluding hydrogens is 232 g/mol. The molecule has 0 bridgehead atoms. The summed E-state index contributed by atoms with van der Waals surface area (Å²) in [5, 5.41) is 3.49. The fraction of sp³-hybridized carbons (Fsp3) is 0.294. The van der Waals surface area contributed by atoms with Crippen LogP contribution in [-0.4, -0.2) is 20.6 Å². The molecule has 0 unspecified atom stereocenters. The molecule has 0 spiro atoms. The molecule has 1 heterocycles. The normalized spacial score (nSPS) is 13.6. The highest BCUT2D eigenvalue weighted by atomic mass is 15.1. The van der Waals surface area contributed by atoms with Crippen molar-refractivity contribution in [1.29, 1.82) is 0 Å². The Morgan fingerprint density at radius 2 is 1.79 bits per heavy atom. The monoisotopic (exact) mass is 252 g/mol. The first kappa shape index (κ1) is 12.1. The van der Waals surface area contributed by atoms with Crippen molar-refractivity contribution in [2.24, 2.45) is 0 Å². The molecule has 0 fully saturated rings. The van der Waals surface area contributed by atoms with Crippen LogP contribution < -0.4 is 10.2 Å². The first-order valence-corrected chi connectivity index (χ1v) is 6.89. The van der Waals surface area contributed by atoms with E-state index in [-0.39, 0.29) is 0 Å². The van der Waals surface area contributed by atoms with Gasteiger partial charge in [-0.15, -0.1) is 0 Å². The van der Waals surface area contributed by atoms with Crippen LogP contribution in [0.15, 0.2) is 42.5 Å². The number of benzene rings is 2. The zero-order chi connectivity index (χ0) is 13.2. The first-order chi connectivity index (χ1) is 9.25. The Labute approximate surface area is 115 Å². The molecule has 0 amide bonds. The van der Waals surface area contributed by atoms with E-state index in [1.54, 1.807) is 0 Å². The third-order valence-corrected chi connectivity index (χ3v) is 3.79. The van der Waals surface area contributed by atoms with Gasteiger partial charge in [-0.2, -0.15) is 0 Å². The summed E-state index contributed by atoms with van der Waals surface area (Å²) in [6.07, 6.45) is 2.40. The average molecular weight is 252 g/mol. The highest BCUT2D eigenvalue weighted by Gasteiger charge is 2.13. The largest absolute Gasteiger partial charge is 0.385 e. The summed E-state index contributed by atoms with van der Waals surface area (Å²) < 4.78 is 0. The number of fused-ring (bicyclic) bond motifs is 1. The van der Waals surface area contributed by atoms with Crippen molar-refractivity contribution in [1.82, 2.24) is 0 Å². The molecule has 2 nitrogen and oxygen atoms in total. The first-order valence-electron chi connectivity index (χ1n) is 6.89. The molecule has 0 aliphatic carbocycles. The van der Waals surface area contributed by atoms with Crippen molar-refractivity contribution in [3.8, 4) is 11.1 Å². The van der Waals surface area contributed by atoms with E-state index in [1.165, 1.54) is 40.9 Å². The zero-order valence-corrected chi connectivity index (χ0v) is 11.6. The molecule has 3 rings (SSSR count). The van der Waals surface area contributed by atoms with E-state index >= 15 is 0 Å². The minimum atomic E-state index is 1.09. The van der Waals surface area contributed by atoms with Crippen molar-refractivity contribution in [3.05, 3.63) is 48.0 Å². The molecule has 2 aromatic rings. The predicted octanol–water partition coefficient (Wildman–Crippen LogP) is 3.78. The van der Waals surface area contributed by atoms with E-state index in [0.29, 0.717) is 0 Å². The SMILES string of the molecule is CN(C)c1ccc(-c2cccc3c2CCCN3)cc1. The number of hydrogen-bond acceptors (Lipinski definition) is 2. The number of rotatable bonds is 2. The lowest BCUT2D eigenvalue weighted by molar-refractivity contribution is 0.832. The van der Waals surface area contributed by atoms with E-state index in [1.807, 2.05) is 0 Å². The number of nitrogens with one attached hydrogen (secondary N) is 1. The standard InChI is InChI=1S/C17H20N2/c1-19(2)14-10-8-13(9-11-14)15-5-3-7-17-16(15)6-4-12-18-17/h3,5,7-11,18H,4,6,12H2,1-2H3. The summed E-state index contributed by atoms with van der Waals surface area (Å²) >= 11 is 0. The minimum Gasteiger partial charge on any atom is -0.385 e. The predicted molar refractivity (Wildman–Crippen MR) is 83.0 cm³/mol. The van der Waals surface area contributed by atoms with Crippen molar-refractivity contribution in [2.45, 2.75) is 12.8 Å². The summed E-state index contributed by atoms with van der Waals surface area (Å²) in [6, 6.07) is 15.4. The van der Waals surface area contributed by atoms with Gasteiger partial charge < -0.3 is 10.2 Å². The Kier molecular flexibility index (Phi) is 3.16. The number of anilines is 2.